The zero-order chi connectivity index (χ0) is 11.4. The van der Waals surface area contributed by atoms with Gasteiger partial charge < -0.3 is 0 Å². The molecule has 0 fully saturated rings. The van der Waals surface area contributed by atoms with Crippen LogP contribution in [0.15, 0.2) is 6.07 Å². The molecule has 15 heavy (non-hydrogen) atoms. The highest BCUT2D eigenvalue weighted by atomic mass is 79.9. The summed E-state index contributed by atoms with van der Waals surface area (Å²) in [4.78, 5) is 3.45. The lowest BCUT2D eigenvalue weighted by molar-refractivity contribution is 0.144. The van der Waals surface area contributed by atoms with E-state index in [1.807, 2.05) is 0 Å². The summed E-state index contributed by atoms with van der Waals surface area (Å²) >= 11 is 2.97. The number of hydrogen-bond acceptors (Lipinski definition) is 2. The largest absolute Gasteiger partial charge is 0.280 e. The van der Waals surface area contributed by atoms with Gasteiger partial charge in [0.05, 0.1) is 18.2 Å². The highest BCUT2D eigenvalue weighted by Gasteiger charge is 2.17. The van der Waals surface area contributed by atoms with Crippen molar-refractivity contribution in [3.63, 3.8) is 0 Å². The lowest BCUT2D eigenvalue weighted by atomic mass is 10.1. The first kappa shape index (κ1) is 12.0. The van der Waals surface area contributed by atoms with Gasteiger partial charge in [-0.3, -0.25) is 0 Å². The fourth-order valence-electron chi connectivity index (χ4n) is 1.08. The number of alkyl halides is 3. The zero-order valence-corrected chi connectivity index (χ0v) is 9.06. The maximum absolute atomic E-state index is 13.2. The molecule has 0 aliphatic carbocycles. The number of aromatic nitrogens is 1. The minimum atomic E-state index is -2.77. The Morgan fingerprint density at radius 2 is 2.20 bits per heavy atom. The van der Waals surface area contributed by atoms with Gasteiger partial charge in [0.15, 0.2) is 0 Å². The standard InChI is InChI=1S/C9H6BrF3N2/c10-4-5-3-6(11)7(1-2-14)15-8(5)9(12)13/h3,9H,1,4H2. The van der Waals surface area contributed by atoms with Gasteiger partial charge in [0.25, 0.3) is 6.43 Å². The molecule has 0 spiro atoms. The summed E-state index contributed by atoms with van der Waals surface area (Å²) in [5.74, 6) is -0.726. The molecule has 0 unspecified atom stereocenters. The van der Waals surface area contributed by atoms with E-state index in [1.54, 1.807) is 6.07 Å². The van der Waals surface area contributed by atoms with Gasteiger partial charge in [-0.1, -0.05) is 15.9 Å². The summed E-state index contributed by atoms with van der Waals surface area (Å²) in [5.41, 5.74) is -0.611. The van der Waals surface area contributed by atoms with Crippen LogP contribution in [0.4, 0.5) is 13.2 Å². The third-order valence-electron chi connectivity index (χ3n) is 1.76. The monoisotopic (exact) mass is 278 g/mol. The Morgan fingerprint density at radius 3 is 2.67 bits per heavy atom. The SMILES string of the molecule is N#CCc1nc(C(F)F)c(CBr)cc1F. The molecule has 0 saturated carbocycles. The minimum Gasteiger partial charge on any atom is -0.247 e. The molecule has 1 aromatic heterocycles. The Bertz CT molecular complexity index is 401. The molecule has 0 amide bonds. The summed E-state index contributed by atoms with van der Waals surface area (Å²) in [5, 5.41) is 8.45. The maximum Gasteiger partial charge on any atom is 0.280 e. The number of nitrogens with zero attached hydrogens (tertiary/aromatic N) is 2. The van der Waals surface area contributed by atoms with E-state index in [4.69, 9.17) is 5.26 Å². The molecule has 80 valence electrons. The van der Waals surface area contributed by atoms with E-state index >= 15 is 0 Å². The molecule has 0 atom stereocenters. The molecule has 1 heterocycles. The molecule has 1 rings (SSSR count). The van der Waals surface area contributed by atoms with Crippen molar-refractivity contribution in [3.05, 3.63) is 28.8 Å². The van der Waals surface area contributed by atoms with Crippen molar-refractivity contribution in [1.82, 2.24) is 4.98 Å². The van der Waals surface area contributed by atoms with E-state index in [1.165, 1.54) is 0 Å². The van der Waals surface area contributed by atoms with Crippen LogP contribution in [0.1, 0.15) is 23.4 Å². The lowest BCUT2D eigenvalue weighted by Gasteiger charge is -2.07. The summed E-state index contributed by atoms with van der Waals surface area (Å²) in [6, 6.07) is 2.65. The second-order valence-corrected chi connectivity index (χ2v) is 3.29. The van der Waals surface area contributed by atoms with Crippen molar-refractivity contribution in [2.75, 3.05) is 0 Å². The third-order valence-corrected chi connectivity index (χ3v) is 2.36. The zero-order valence-electron chi connectivity index (χ0n) is 7.48. The van der Waals surface area contributed by atoms with Crippen LogP contribution < -0.4 is 0 Å². The first-order valence-electron chi connectivity index (χ1n) is 3.99. The summed E-state index contributed by atoms with van der Waals surface area (Å²) in [7, 11) is 0. The van der Waals surface area contributed by atoms with E-state index < -0.39 is 17.9 Å². The van der Waals surface area contributed by atoms with Gasteiger partial charge in [-0.2, -0.15) is 5.26 Å². The molecular weight excluding hydrogens is 273 g/mol. The molecule has 0 aromatic carbocycles. The third kappa shape index (κ3) is 2.69. The van der Waals surface area contributed by atoms with Gasteiger partial charge in [-0.15, -0.1) is 0 Å². The molecule has 0 aliphatic rings. The molecule has 0 N–H and O–H groups in total. The predicted octanol–water partition coefficient (Wildman–Crippen LogP) is 3.12. The normalized spacial score (nSPS) is 10.4. The van der Waals surface area contributed by atoms with Gasteiger partial charge in [0, 0.05) is 5.33 Å². The van der Waals surface area contributed by atoms with Crippen LogP contribution in [-0.4, -0.2) is 4.98 Å². The van der Waals surface area contributed by atoms with Crippen LogP contribution in [0.5, 0.6) is 0 Å². The fraction of sp³-hybridized carbons (Fsp3) is 0.333. The number of rotatable bonds is 3. The molecule has 0 radical (unpaired) electrons. The van der Waals surface area contributed by atoms with E-state index in [9.17, 15) is 13.2 Å². The van der Waals surface area contributed by atoms with Crippen LogP contribution >= 0.6 is 15.9 Å². The molecular formula is C9H6BrF3N2. The average molecular weight is 279 g/mol. The molecule has 0 aliphatic heterocycles. The summed E-state index contributed by atoms with van der Waals surface area (Å²) < 4.78 is 38.1. The summed E-state index contributed by atoms with van der Waals surface area (Å²) in [6.45, 7) is 0. The smallest absolute Gasteiger partial charge is 0.247 e. The number of halogens is 4. The van der Waals surface area contributed by atoms with Crippen molar-refractivity contribution in [3.8, 4) is 6.07 Å². The topological polar surface area (TPSA) is 36.7 Å². The molecule has 0 bridgehead atoms. The highest BCUT2D eigenvalue weighted by molar-refractivity contribution is 9.08. The van der Waals surface area contributed by atoms with Crippen molar-refractivity contribution in [2.24, 2.45) is 0 Å². The van der Waals surface area contributed by atoms with E-state index in [0.717, 1.165) is 6.07 Å². The van der Waals surface area contributed by atoms with Gasteiger partial charge in [-0.25, -0.2) is 18.2 Å². The number of nitriles is 1. The predicted molar refractivity (Wildman–Crippen MR) is 51.1 cm³/mol. The van der Waals surface area contributed by atoms with Crippen LogP contribution in [0.3, 0.4) is 0 Å². The fourth-order valence-corrected chi connectivity index (χ4v) is 1.52. The van der Waals surface area contributed by atoms with Gasteiger partial charge >= 0.3 is 0 Å². The molecule has 1 aromatic rings. The van der Waals surface area contributed by atoms with Crippen LogP contribution in [0.25, 0.3) is 0 Å². The molecule has 6 heteroatoms. The Kier molecular flexibility index (Phi) is 4.09. The van der Waals surface area contributed by atoms with Crippen molar-refractivity contribution in [2.45, 2.75) is 18.2 Å². The van der Waals surface area contributed by atoms with E-state index in [0.29, 0.717) is 0 Å². The van der Waals surface area contributed by atoms with Crippen LogP contribution in [-0.2, 0) is 11.8 Å². The number of pyridine rings is 1. The quantitative estimate of drug-likeness (QED) is 0.797. The average Bonchev–Trinajstić information content (AvgIpc) is 2.20. The van der Waals surface area contributed by atoms with E-state index in [-0.39, 0.29) is 23.0 Å². The Hall–Kier alpha value is -1.09. The van der Waals surface area contributed by atoms with Crippen LogP contribution in [0, 0.1) is 17.1 Å². The van der Waals surface area contributed by atoms with Crippen molar-refractivity contribution >= 4 is 15.9 Å². The Labute approximate surface area is 92.9 Å². The Balaban J connectivity index is 3.25. The van der Waals surface area contributed by atoms with Gasteiger partial charge in [0.1, 0.15) is 11.5 Å². The molecule has 2 nitrogen and oxygen atoms in total. The van der Waals surface area contributed by atoms with Crippen LogP contribution in [0.2, 0.25) is 0 Å². The van der Waals surface area contributed by atoms with E-state index in [2.05, 4.69) is 20.9 Å². The number of hydrogen-bond donors (Lipinski definition) is 0. The second kappa shape index (κ2) is 5.12. The van der Waals surface area contributed by atoms with Gasteiger partial charge in [0.2, 0.25) is 0 Å². The first-order chi connectivity index (χ1) is 7.10. The van der Waals surface area contributed by atoms with Crippen molar-refractivity contribution in [1.29, 1.82) is 5.26 Å². The summed E-state index contributed by atoms with van der Waals surface area (Å²) in [6.07, 6.45) is -3.08. The van der Waals surface area contributed by atoms with Crippen molar-refractivity contribution < 1.29 is 13.2 Å². The lowest BCUT2D eigenvalue weighted by Crippen LogP contribution is -2.04. The first-order valence-corrected chi connectivity index (χ1v) is 5.11. The maximum atomic E-state index is 13.2. The molecule has 0 saturated heterocycles. The Morgan fingerprint density at radius 1 is 1.53 bits per heavy atom. The van der Waals surface area contributed by atoms with Gasteiger partial charge in [-0.05, 0) is 11.6 Å². The minimum absolute atomic E-state index is 0.101. The second-order valence-electron chi connectivity index (χ2n) is 2.73. The highest BCUT2D eigenvalue weighted by Crippen LogP contribution is 2.24.